The van der Waals surface area contributed by atoms with Gasteiger partial charge < -0.3 is 14.6 Å². The van der Waals surface area contributed by atoms with Crippen molar-refractivity contribution in [2.45, 2.75) is 0 Å². The Hall–Kier alpha value is -2.27. The fraction of sp³-hybridized carbons (Fsp3) is 0.200. The Morgan fingerprint density at radius 2 is 1.95 bits per heavy atom. The van der Waals surface area contributed by atoms with E-state index in [0.29, 0.717) is 5.02 Å². The van der Waals surface area contributed by atoms with Crippen LogP contribution in [0.4, 0.5) is 5.82 Å². The summed E-state index contributed by atoms with van der Waals surface area (Å²) in [6.07, 6.45) is 5.17. The molecular weight excluding hydrogens is 288 g/mol. The van der Waals surface area contributed by atoms with Crippen LogP contribution in [0.25, 0.3) is 11.0 Å². The van der Waals surface area contributed by atoms with Crippen molar-refractivity contribution in [2.24, 2.45) is 0 Å². The molecule has 3 aromatic rings. The summed E-state index contributed by atoms with van der Waals surface area (Å²) >= 11 is 5.70. The first-order chi connectivity index (χ1) is 10.1. The molecule has 0 spiro atoms. The summed E-state index contributed by atoms with van der Waals surface area (Å²) in [4.78, 5) is 13.1. The number of anilines is 1. The van der Waals surface area contributed by atoms with Crippen LogP contribution in [0.5, 0.6) is 5.75 Å². The van der Waals surface area contributed by atoms with Gasteiger partial charge in [0.1, 0.15) is 17.2 Å². The molecular formula is C15H17ClN4O. The van der Waals surface area contributed by atoms with Gasteiger partial charge in [0.05, 0.1) is 18.3 Å². The minimum atomic E-state index is 0.673. The molecule has 0 fully saturated rings. The van der Waals surface area contributed by atoms with E-state index in [1.807, 2.05) is 49.5 Å². The quantitative estimate of drug-likeness (QED) is 0.788. The first kappa shape index (κ1) is 15.1. The molecule has 0 aliphatic carbocycles. The lowest BCUT2D eigenvalue weighted by molar-refractivity contribution is 0.413. The number of nitrogens with zero attached hydrogens (tertiary/aromatic N) is 3. The summed E-state index contributed by atoms with van der Waals surface area (Å²) < 4.78 is 4.97. The maximum Gasteiger partial charge on any atom is 0.137 e. The van der Waals surface area contributed by atoms with Gasteiger partial charge in [0, 0.05) is 31.9 Å². The predicted octanol–water partition coefficient (Wildman–Crippen LogP) is 3.37. The van der Waals surface area contributed by atoms with E-state index in [-0.39, 0.29) is 0 Å². The van der Waals surface area contributed by atoms with Crippen LogP contribution in [0, 0.1) is 0 Å². The van der Waals surface area contributed by atoms with Crippen LogP contribution in [0.3, 0.4) is 0 Å². The summed E-state index contributed by atoms with van der Waals surface area (Å²) in [6.45, 7) is 0. The number of halogens is 1. The molecule has 1 N–H and O–H groups in total. The minimum Gasteiger partial charge on any atom is -0.495 e. The Bertz CT molecular complexity index is 694. The van der Waals surface area contributed by atoms with Crippen molar-refractivity contribution in [3.8, 4) is 5.75 Å². The van der Waals surface area contributed by atoms with E-state index in [1.165, 1.54) is 0 Å². The van der Waals surface area contributed by atoms with Crippen LogP contribution in [-0.2, 0) is 0 Å². The van der Waals surface area contributed by atoms with Gasteiger partial charge in [-0.15, -0.1) is 0 Å². The van der Waals surface area contributed by atoms with Gasteiger partial charge in [-0.3, -0.25) is 0 Å². The molecule has 0 bridgehead atoms. The molecule has 110 valence electrons. The van der Waals surface area contributed by atoms with Crippen molar-refractivity contribution in [1.82, 2.24) is 15.0 Å². The Morgan fingerprint density at radius 1 is 1.14 bits per heavy atom. The lowest BCUT2D eigenvalue weighted by atomic mass is 10.3. The van der Waals surface area contributed by atoms with Crippen molar-refractivity contribution in [3.05, 3.63) is 47.9 Å². The molecule has 0 unspecified atom stereocenters. The fourth-order valence-corrected chi connectivity index (χ4v) is 1.84. The number of methoxy groups -OCH3 is 1. The first-order valence-corrected chi connectivity index (χ1v) is 6.74. The maximum atomic E-state index is 5.70. The number of pyridine rings is 2. The molecule has 3 heterocycles. The summed E-state index contributed by atoms with van der Waals surface area (Å²) in [6, 6.07) is 7.62. The van der Waals surface area contributed by atoms with Crippen molar-refractivity contribution in [1.29, 1.82) is 0 Å². The summed E-state index contributed by atoms with van der Waals surface area (Å²) in [5.41, 5.74) is 0.879. The van der Waals surface area contributed by atoms with Gasteiger partial charge in [-0.05, 0) is 24.3 Å². The third-order valence-electron chi connectivity index (χ3n) is 2.78. The lowest BCUT2D eigenvalue weighted by Gasteiger charge is -2.10. The van der Waals surface area contributed by atoms with Gasteiger partial charge in [-0.2, -0.15) is 0 Å². The maximum absolute atomic E-state index is 5.70. The largest absolute Gasteiger partial charge is 0.495 e. The van der Waals surface area contributed by atoms with Crippen LogP contribution in [0.2, 0.25) is 5.02 Å². The van der Waals surface area contributed by atoms with E-state index in [0.717, 1.165) is 22.6 Å². The van der Waals surface area contributed by atoms with Crippen molar-refractivity contribution >= 4 is 28.5 Å². The van der Waals surface area contributed by atoms with Crippen LogP contribution in [0.15, 0.2) is 42.9 Å². The highest BCUT2D eigenvalue weighted by molar-refractivity contribution is 6.31. The lowest BCUT2D eigenvalue weighted by Crippen LogP contribution is -2.09. The number of aromatic nitrogens is 3. The summed E-state index contributed by atoms with van der Waals surface area (Å²) in [7, 11) is 5.54. The number of fused-ring (bicyclic) bond motifs is 1. The number of hydrogen-bond donors (Lipinski definition) is 1. The third kappa shape index (κ3) is 4.10. The fourth-order valence-electron chi connectivity index (χ4n) is 1.67. The molecule has 5 nitrogen and oxygen atoms in total. The van der Waals surface area contributed by atoms with Gasteiger partial charge >= 0.3 is 0 Å². The van der Waals surface area contributed by atoms with Crippen LogP contribution < -0.4 is 9.64 Å². The van der Waals surface area contributed by atoms with Crippen LogP contribution in [-0.4, -0.2) is 36.2 Å². The number of nitrogens with one attached hydrogen (secondary N) is 1. The van der Waals surface area contributed by atoms with Gasteiger partial charge in [-0.25, -0.2) is 9.97 Å². The zero-order chi connectivity index (χ0) is 15.2. The molecule has 0 aliphatic heterocycles. The van der Waals surface area contributed by atoms with Crippen molar-refractivity contribution in [2.75, 3.05) is 26.1 Å². The van der Waals surface area contributed by atoms with E-state index in [9.17, 15) is 0 Å². The average molecular weight is 305 g/mol. The van der Waals surface area contributed by atoms with E-state index in [4.69, 9.17) is 16.3 Å². The molecule has 21 heavy (non-hydrogen) atoms. The highest BCUT2D eigenvalue weighted by atomic mass is 35.5. The minimum absolute atomic E-state index is 0.673. The van der Waals surface area contributed by atoms with E-state index < -0.39 is 0 Å². The Labute approximate surface area is 128 Å². The predicted molar refractivity (Wildman–Crippen MR) is 86.2 cm³/mol. The second-order valence-corrected chi connectivity index (χ2v) is 4.96. The smallest absolute Gasteiger partial charge is 0.137 e. The first-order valence-electron chi connectivity index (χ1n) is 6.36. The molecule has 0 saturated heterocycles. The second-order valence-electron chi connectivity index (χ2n) is 4.52. The van der Waals surface area contributed by atoms with Gasteiger partial charge in [0.2, 0.25) is 0 Å². The number of aromatic amines is 1. The molecule has 0 radical (unpaired) electrons. The molecule has 3 aromatic heterocycles. The van der Waals surface area contributed by atoms with Crippen molar-refractivity contribution < 1.29 is 4.74 Å². The zero-order valence-corrected chi connectivity index (χ0v) is 12.9. The monoisotopic (exact) mass is 304 g/mol. The summed E-state index contributed by atoms with van der Waals surface area (Å²) in [5, 5.41) is 1.72. The van der Waals surface area contributed by atoms with Gasteiger partial charge in [-0.1, -0.05) is 11.6 Å². The number of hydrogen-bond acceptors (Lipinski definition) is 4. The highest BCUT2D eigenvalue weighted by Gasteiger charge is 1.95. The van der Waals surface area contributed by atoms with Crippen molar-refractivity contribution in [3.63, 3.8) is 0 Å². The van der Waals surface area contributed by atoms with Crippen LogP contribution >= 0.6 is 11.6 Å². The zero-order valence-electron chi connectivity index (χ0n) is 12.2. The number of ether oxygens (including phenoxy) is 1. The average Bonchev–Trinajstić information content (AvgIpc) is 2.95. The van der Waals surface area contributed by atoms with Gasteiger partial charge in [0.15, 0.2) is 0 Å². The summed E-state index contributed by atoms with van der Waals surface area (Å²) in [5.74, 6) is 1.72. The Kier molecular flexibility index (Phi) is 5.00. The third-order valence-corrected chi connectivity index (χ3v) is 2.99. The SMILES string of the molecule is COc1ccc(N(C)C)nc1.Clc1cnc2[nH]ccc2c1. The van der Waals surface area contributed by atoms with E-state index in [2.05, 4.69) is 15.0 Å². The van der Waals surface area contributed by atoms with E-state index >= 15 is 0 Å². The number of rotatable bonds is 2. The molecule has 6 heteroatoms. The molecule has 0 amide bonds. The molecule has 0 aromatic carbocycles. The Balaban J connectivity index is 0.000000154. The van der Waals surface area contributed by atoms with Gasteiger partial charge in [0.25, 0.3) is 0 Å². The normalized spacial score (nSPS) is 9.90. The second kappa shape index (κ2) is 6.95. The topological polar surface area (TPSA) is 54.0 Å². The molecule has 0 atom stereocenters. The Morgan fingerprint density at radius 3 is 2.57 bits per heavy atom. The standard InChI is InChI=1S/C8H12N2O.C7H5ClN2/c1-10(2)8-5-4-7(11-3)6-9-8;8-6-3-5-1-2-9-7(5)10-4-6/h4-6H,1-3H3;1-4H,(H,9,10). The highest BCUT2D eigenvalue weighted by Crippen LogP contribution is 2.14. The molecule has 0 aliphatic rings. The molecule has 3 rings (SSSR count). The van der Waals surface area contributed by atoms with E-state index in [1.54, 1.807) is 19.5 Å². The molecule has 0 saturated carbocycles. The van der Waals surface area contributed by atoms with Crippen LogP contribution in [0.1, 0.15) is 0 Å². The number of H-pyrrole nitrogens is 1.